The van der Waals surface area contributed by atoms with Crippen LogP contribution in [0.2, 0.25) is 5.02 Å². The third-order valence-electron chi connectivity index (χ3n) is 3.46. The molecule has 1 fully saturated rings. The van der Waals surface area contributed by atoms with Crippen LogP contribution in [0.15, 0.2) is 18.2 Å². The monoisotopic (exact) mass is 235 g/mol. The predicted molar refractivity (Wildman–Crippen MR) is 64.5 cm³/mol. The highest BCUT2D eigenvalue weighted by atomic mass is 35.5. The van der Waals surface area contributed by atoms with Crippen molar-refractivity contribution >= 4 is 22.6 Å². The molecule has 1 aliphatic carbocycles. The molecule has 0 N–H and O–H groups in total. The first kappa shape index (κ1) is 10.1. The molecule has 0 amide bonds. The number of aryl methyl sites for hydroxylation is 1. The van der Waals surface area contributed by atoms with Crippen LogP contribution in [-0.2, 0) is 6.54 Å². The summed E-state index contributed by atoms with van der Waals surface area (Å²) in [7, 11) is 0. The molecular formula is C12H14ClN3. The van der Waals surface area contributed by atoms with Crippen LogP contribution in [0.1, 0.15) is 25.7 Å². The van der Waals surface area contributed by atoms with Gasteiger partial charge in [-0.15, -0.1) is 5.10 Å². The molecular weight excluding hydrogens is 222 g/mol. The summed E-state index contributed by atoms with van der Waals surface area (Å²) in [5.74, 6) is 0.890. The molecule has 16 heavy (non-hydrogen) atoms. The van der Waals surface area contributed by atoms with Gasteiger partial charge in [-0.3, -0.25) is 0 Å². The standard InChI is InChI=1S/C12H14ClN3/c13-10-5-2-6-11-12(10)16(15-14-11)8-7-9-3-1-4-9/h2,5-6,9H,1,3-4,7-8H2. The molecule has 0 spiro atoms. The third-order valence-corrected chi connectivity index (χ3v) is 3.76. The van der Waals surface area contributed by atoms with E-state index < -0.39 is 0 Å². The van der Waals surface area contributed by atoms with E-state index in [0.717, 1.165) is 28.5 Å². The molecule has 1 aliphatic rings. The van der Waals surface area contributed by atoms with Gasteiger partial charge in [0, 0.05) is 6.54 Å². The van der Waals surface area contributed by atoms with Crippen LogP contribution in [0.25, 0.3) is 11.0 Å². The van der Waals surface area contributed by atoms with E-state index in [2.05, 4.69) is 10.3 Å². The van der Waals surface area contributed by atoms with Crippen LogP contribution in [0.4, 0.5) is 0 Å². The van der Waals surface area contributed by atoms with Gasteiger partial charge in [0.2, 0.25) is 0 Å². The third kappa shape index (κ3) is 1.69. The Morgan fingerprint density at radius 1 is 1.38 bits per heavy atom. The fourth-order valence-corrected chi connectivity index (χ4v) is 2.50. The zero-order chi connectivity index (χ0) is 11.0. The van der Waals surface area contributed by atoms with Crippen LogP contribution >= 0.6 is 11.6 Å². The van der Waals surface area contributed by atoms with Gasteiger partial charge in [0.1, 0.15) is 11.0 Å². The highest BCUT2D eigenvalue weighted by Gasteiger charge is 2.18. The largest absolute Gasteiger partial charge is 0.243 e. The highest BCUT2D eigenvalue weighted by molar-refractivity contribution is 6.34. The zero-order valence-corrected chi connectivity index (χ0v) is 9.82. The summed E-state index contributed by atoms with van der Waals surface area (Å²) in [6.45, 7) is 0.935. The molecule has 1 aromatic heterocycles. The minimum Gasteiger partial charge on any atom is -0.243 e. The number of halogens is 1. The van der Waals surface area contributed by atoms with E-state index >= 15 is 0 Å². The second-order valence-corrected chi connectivity index (χ2v) is 4.91. The maximum atomic E-state index is 6.17. The van der Waals surface area contributed by atoms with Gasteiger partial charge in [-0.25, -0.2) is 4.68 Å². The number of aromatic nitrogens is 3. The van der Waals surface area contributed by atoms with Crippen molar-refractivity contribution in [1.29, 1.82) is 0 Å². The second kappa shape index (κ2) is 4.06. The van der Waals surface area contributed by atoms with E-state index in [0.29, 0.717) is 0 Å². The number of nitrogens with zero attached hydrogens (tertiary/aromatic N) is 3. The highest BCUT2D eigenvalue weighted by Crippen LogP contribution is 2.30. The Bertz CT molecular complexity index is 502. The smallest absolute Gasteiger partial charge is 0.114 e. The average molecular weight is 236 g/mol. The molecule has 3 nitrogen and oxygen atoms in total. The molecule has 1 heterocycles. The first-order chi connectivity index (χ1) is 7.84. The summed E-state index contributed by atoms with van der Waals surface area (Å²) in [4.78, 5) is 0. The SMILES string of the molecule is Clc1cccc2nnn(CCC3CCC3)c12. The van der Waals surface area contributed by atoms with Gasteiger partial charge in [-0.05, 0) is 24.5 Å². The second-order valence-electron chi connectivity index (χ2n) is 4.51. The van der Waals surface area contributed by atoms with Gasteiger partial charge in [0.25, 0.3) is 0 Å². The maximum absolute atomic E-state index is 6.17. The lowest BCUT2D eigenvalue weighted by molar-refractivity contribution is 0.278. The molecule has 1 saturated carbocycles. The first-order valence-electron chi connectivity index (χ1n) is 5.82. The summed E-state index contributed by atoms with van der Waals surface area (Å²) in [6, 6.07) is 5.76. The fourth-order valence-electron chi connectivity index (χ4n) is 2.23. The van der Waals surface area contributed by atoms with Gasteiger partial charge in [0.05, 0.1) is 5.02 Å². The molecule has 4 heteroatoms. The molecule has 84 valence electrons. The summed E-state index contributed by atoms with van der Waals surface area (Å²) in [5.41, 5.74) is 1.87. The summed E-state index contributed by atoms with van der Waals surface area (Å²) < 4.78 is 1.94. The molecule has 0 atom stereocenters. The molecule has 0 radical (unpaired) electrons. The van der Waals surface area contributed by atoms with Crippen molar-refractivity contribution in [2.24, 2.45) is 5.92 Å². The predicted octanol–water partition coefficient (Wildman–Crippen LogP) is 3.27. The Morgan fingerprint density at radius 3 is 3.00 bits per heavy atom. The van der Waals surface area contributed by atoms with E-state index in [1.807, 2.05) is 22.9 Å². The van der Waals surface area contributed by atoms with Crippen LogP contribution in [0.5, 0.6) is 0 Å². The topological polar surface area (TPSA) is 30.7 Å². The van der Waals surface area contributed by atoms with Crippen molar-refractivity contribution < 1.29 is 0 Å². The Hall–Kier alpha value is -1.09. The van der Waals surface area contributed by atoms with Gasteiger partial charge in [0.15, 0.2) is 0 Å². The van der Waals surface area contributed by atoms with Crippen molar-refractivity contribution in [3.05, 3.63) is 23.2 Å². The average Bonchev–Trinajstić information content (AvgIpc) is 2.61. The Balaban J connectivity index is 1.85. The van der Waals surface area contributed by atoms with Crippen LogP contribution in [0.3, 0.4) is 0 Å². The number of hydrogen-bond acceptors (Lipinski definition) is 2. The molecule has 0 unspecified atom stereocenters. The van der Waals surface area contributed by atoms with Gasteiger partial charge < -0.3 is 0 Å². The van der Waals surface area contributed by atoms with Crippen LogP contribution < -0.4 is 0 Å². The normalized spacial score (nSPS) is 16.6. The van der Waals surface area contributed by atoms with Crippen molar-refractivity contribution in [3.63, 3.8) is 0 Å². The van der Waals surface area contributed by atoms with E-state index in [1.54, 1.807) is 0 Å². The zero-order valence-electron chi connectivity index (χ0n) is 9.06. The summed E-state index contributed by atoms with van der Waals surface area (Å²) in [6.07, 6.45) is 5.34. The van der Waals surface area contributed by atoms with E-state index in [9.17, 15) is 0 Å². The molecule has 0 bridgehead atoms. The number of hydrogen-bond donors (Lipinski definition) is 0. The van der Waals surface area contributed by atoms with Crippen LogP contribution in [-0.4, -0.2) is 15.0 Å². The van der Waals surface area contributed by atoms with Crippen molar-refractivity contribution in [1.82, 2.24) is 15.0 Å². The van der Waals surface area contributed by atoms with E-state index in [4.69, 9.17) is 11.6 Å². The molecule has 1 aromatic carbocycles. The lowest BCUT2D eigenvalue weighted by atomic mass is 9.83. The Morgan fingerprint density at radius 2 is 2.25 bits per heavy atom. The molecule has 3 rings (SSSR count). The Labute approximate surface area is 99.4 Å². The maximum Gasteiger partial charge on any atom is 0.114 e. The number of fused-ring (bicyclic) bond motifs is 1. The van der Waals surface area contributed by atoms with Gasteiger partial charge in [-0.1, -0.05) is 42.1 Å². The number of rotatable bonds is 3. The summed E-state index contributed by atoms with van der Waals surface area (Å²) in [5, 5.41) is 9.04. The Kier molecular flexibility index (Phi) is 2.56. The lowest BCUT2D eigenvalue weighted by Gasteiger charge is -2.24. The number of para-hydroxylation sites is 1. The van der Waals surface area contributed by atoms with Crippen molar-refractivity contribution in [2.75, 3.05) is 0 Å². The van der Waals surface area contributed by atoms with Gasteiger partial charge >= 0.3 is 0 Å². The summed E-state index contributed by atoms with van der Waals surface area (Å²) >= 11 is 6.17. The minimum absolute atomic E-state index is 0.746. The fraction of sp³-hybridized carbons (Fsp3) is 0.500. The molecule has 2 aromatic rings. The minimum atomic E-state index is 0.746. The molecule has 0 aliphatic heterocycles. The quantitative estimate of drug-likeness (QED) is 0.818. The number of benzene rings is 1. The first-order valence-corrected chi connectivity index (χ1v) is 6.20. The van der Waals surface area contributed by atoms with E-state index in [1.165, 1.54) is 25.7 Å². The molecule has 0 saturated heterocycles. The van der Waals surface area contributed by atoms with Gasteiger partial charge in [-0.2, -0.15) is 0 Å². The van der Waals surface area contributed by atoms with Crippen molar-refractivity contribution in [3.8, 4) is 0 Å². The van der Waals surface area contributed by atoms with E-state index in [-0.39, 0.29) is 0 Å². The lowest BCUT2D eigenvalue weighted by Crippen LogP contribution is -2.14. The van der Waals surface area contributed by atoms with Crippen molar-refractivity contribution in [2.45, 2.75) is 32.2 Å². The van der Waals surface area contributed by atoms with Crippen LogP contribution in [0, 0.1) is 5.92 Å².